The Kier molecular flexibility index (Phi) is 3.66. The van der Waals surface area contributed by atoms with Crippen LogP contribution in [0.25, 0.3) is 11.0 Å². The highest BCUT2D eigenvalue weighted by atomic mass is 19.1. The van der Waals surface area contributed by atoms with E-state index in [1.54, 1.807) is 6.07 Å². The van der Waals surface area contributed by atoms with Crippen LogP contribution in [0.2, 0.25) is 0 Å². The largest absolute Gasteiger partial charge is 0.328 e. The third-order valence-electron chi connectivity index (χ3n) is 3.08. The van der Waals surface area contributed by atoms with Crippen molar-refractivity contribution in [2.45, 2.75) is 45.7 Å². The Morgan fingerprint density at radius 3 is 2.67 bits per heavy atom. The van der Waals surface area contributed by atoms with Gasteiger partial charge in [-0.3, -0.25) is 0 Å². The minimum atomic E-state index is -0.256. The lowest BCUT2D eigenvalue weighted by atomic mass is 10.2. The van der Waals surface area contributed by atoms with E-state index in [0.29, 0.717) is 5.52 Å². The Morgan fingerprint density at radius 2 is 2.06 bits per heavy atom. The predicted molar refractivity (Wildman–Crippen MR) is 72.0 cm³/mol. The zero-order valence-electron chi connectivity index (χ0n) is 11.2. The van der Waals surface area contributed by atoms with Crippen molar-refractivity contribution in [2.75, 3.05) is 0 Å². The first-order valence-corrected chi connectivity index (χ1v) is 6.41. The number of aryl methyl sites for hydroxylation is 1. The van der Waals surface area contributed by atoms with Crippen LogP contribution in [-0.4, -0.2) is 15.6 Å². The van der Waals surface area contributed by atoms with Gasteiger partial charge in [-0.15, -0.1) is 0 Å². The first-order valence-electron chi connectivity index (χ1n) is 6.41. The molecule has 1 atom stereocenters. The van der Waals surface area contributed by atoms with Gasteiger partial charge in [0, 0.05) is 18.5 Å². The van der Waals surface area contributed by atoms with E-state index in [2.05, 4.69) is 23.4 Å². The smallest absolute Gasteiger partial charge is 0.151 e. The molecule has 0 aliphatic rings. The van der Waals surface area contributed by atoms with E-state index in [-0.39, 0.29) is 17.9 Å². The molecule has 0 saturated heterocycles. The second-order valence-corrected chi connectivity index (χ2v) is 5.12. The molecule has 0 bridgehead atoms. The van der Waals surface area contributed by atoms with Crippen molar-refractivity contribution >= 4 is 11.0 Å². The lowest BCUT2D eigenvalue weighted by molar-refractivity contribution is 0.559. The summed E-state index contributed by atoms with van der Waals surface area (Å²) < 4.78 is 15.8. The Balaban J connectivity index is 2.51. The Hall–Kier alpha value is -1.42. The molecule has 2 aromatic rings. The van der Waals surface area contributed by atoms with Crippen molar-refractivity contribution in [1.29, 1.82) is 0 Å². The number of halogens is 1. The zero-order chi connectivity index (χ0) is 13.3. The fourth-order valence-electron chi connectivity index (χ4n) is 2.24. The topological polar surface area (TPSA) is 43.8 Å². The predicted octanol–water partition coefficient (Wildman–Crippen LogP) is 3.04. The number of hydrogen-bond acceptors (Lipinski definition) is 2. The zero-order valence-corrected chi connectivity index (χ0v) is 11.2. The van der Waals surface area contributed by atoms with E-state index >= 15 is 0 Å². The molecular weight excluding hydrogens is 229 g/mol. The fourth-order valence-corrected chi connectivity index (χ4v) is 2.24. The highest BCUT2D eigenvalue weighted by Crippen LogP contribution is 2.23. The molecule has 0 amide bonds. The van der Waals surface area contributed by atoms with Gasteiger partial charge in [-0.1, -0.05) is 6.07 Å². The second-order valence-electron chi connectivity index (χ2n) is 5.12. The summed E-state index contributed by atoms with van der Waals surface area (Å²) in [4.78, 5) is 4.44. The van der Waals surface area contributed by atoms with E-state index in [4.69, 9.17) is 5.73 Å². The molecule has 0 saturated carbocycles. The molecule has 2 N–H and O–H groups in total. The maximum absolute atomic E-state index is 13.7. The van der Waals surface area contributed by atoms with Gasteiger partial charge in [0.25, 0.3) is 0 Å². The average Bonchev–Trinajstić information content (AvgIpc) is 2.66. The number of imidazole rings is 1. The Morgan fingerprint density at radius 1 is 1.33 bits per heavy atom. The fraction of sp³-hybridized carbons (Fsp3) is 0.500. The molecule has 1 aromatic carbocycles. The van der Waals surface area contributed by atoms with E-state index in [0.717, 1.165) is 24.2 Å². The van der Waals surface area contributed by atoms with E-state index in [9.17, 15) is 4.39 Å². The number of nitrogens with zero attached hydrogens (tertiary/aromatic N) is 2. The molecule has 0 spiro atoms. The van der Waals surface area contributed by atoms with Gasteiger partial charge in [-0.05, 0) is 39.3 Å². The first-order chi connectivity index (χ1) is 8.50. The summed E-state index contributed by atoms with van der Waals surface area (Å²) in [5, 5.41) is 0. The summed E-state index contributed by atoms with van der Waals surface area (Å²) in [6.45, 7) is 6.14. The van der Waals surface area contributed by atoms with Crippen LogP contribution < -0.4 is 5.73 Å². The quantitative estimate of drug-likeness (QED) is 0.905. The van der Waals surface area contributed by atoms with Crippen molar-refractivity contribution in [3.05, 3.63) is 29.8 Å². The number of rotatable bonds is 4. The normalized spacial score (nSPS) is 13.4. The van der Waals surface area contributed by atoms with Gasteiger partial charge in [-0.2, -0.15) is 0 Å². The van der Waals surface area contributed by atoms with Crippen molar-refractivity contribution in [3.8, 4) is 0 Å². The van der Waals surface area contributed by atoms with Crippen molar-refractivity contribution < 1.29 is 4.39 Å². The summed E-state index contributed by atoms with van der Waals surface area (Å²) >= 11 is 0. The molecule has 1 unspecified atom stereocenters. The molecule has 0 aliphatic heterocycles. The van der Waals surface area contributed by atoms with Crippen LogP contribution in [0.3, 0.4) is 0 Å². The molecule has 0 fully saturated rings. The maximum atomic E-state index is 13.7. The molecular formula is C14H20FN3. The number of nitrogens with two attached hydrogens (primary N) is 1. The number of para-hydroxylation sites is 1. The van der Waals surface area contributed by atoms with Crippen LogP contribution in [0, 0.1) is 5.82 Å². The summed E-state index contributed by atoms with van der Waals surface area (Å²) in [5.41, 5.74) is 7.11. The summed E-state index contributed by atoms with van der Waals surface area (Å²) in [6, 6.07) is 5.50. The molecule has 4 heteroatoms. The monoisotopic (exact) mass is 249 g/mol. The molecule has 98 valence electrons. The lowest BCUT2D eigenvalue weighted by Crippen LogP contribution is -2.17. The van der Waals surface area contributed by atoms with Crippen molar-refractivity contribution in [1.82, 2.24) is 9.55 Å². The van der Waals surface area contributed by atoms with E-state index in [1.807, 2.05) is 13.0 Å². The van der Waals surface area contributed by atoms with Crippen LogP contribution >= 0.6 is 0 Å². The van der Waals surface area contributed by atoms with Crippen LogP contribution in [-0.2, 0) is 6.42 Å². The number of benzene rings is 1. The van der Waals surface area contributed by atoms with Crippen LogP contribution in [0.5, 0.6) is 0 Å². The standard InChI is InChI=1S/C14H20FN3/c1-9(2)18-12-6-4-5-11(15)14(12)17-13(18)8-7-10(3)16/h4-6,9-10H,7-8,16H2,1-3H3. The summed E-state index contributed by atoms with van der Waals surface area (Å²) in [6.07, 6.45) is 1.64. The number of hydrogen-bond donors (Lipinski definition) is 1. The molecule has 2 rings (SSSR count). The Labute approximate surface area is 107 Å². The first kappa shape index (κ1) is 13.0. The molecule has 18 heavy (non-hydrogen) atoms. The Bertz CT molecular complexity index is 543. The average molecular weight is 249 g/mol. The maximum Gasteiger partial charge on any atom is 0.151 e. The highest BCUT2D eigenvalue weighted by molar-refractivity contribution is 5.76. The van der Waals surface area contributed by atoms with Gasteiger partial charge in [0.15, 0.2) is 5.82 Å². The van der Waals surface area contributed by atoms with E-state index < -0.39 is 0 Å². The SMILES string of the molecule is CC(N)CCc1nc2c(F)cccc2n1C(C)C. The second kappa shape index (κ2) is 5.06. The van der Waals surface area contributed by atoms with Crippen LogP contribution in [0.4, 0.5) is 4.39 Å². The lowest BCUT2D eigenvalue weighted by Gasteiger charge is -2.13. The molecule has 1 aromatic heterocycles. The minimum absolute atomic E-state index is 0.135. The third kappa shape index (κ3) is 2.38. The minimum Gasteiger partial charge on any atom is -0.328 e. The van der Waals surface area contributed by atoms with Gasteiger partial charge in [0.2, 0.25) is 0 Å². The van der Waals surface area contributed by atoms with Crippen LogP contribution in [0.1, 0.15) is 39.1 Å². The van der Waals surface area contributed by atoms with E-state index in [1.165, 1.54) is 6.07 Å². The summed E-state index contributed by atoms with van der Waals surface area (Å²) in [5.74, 6) is 0.663. The van der Waals surface area contributed by atoms with Gasteiger partial charge >= 0.3 is 0 Å². The third-order valence-corrected chi connectivity index (χ3v) is 3.08. The molecule has 1 heterocycles. The van der Waals surface area contributed by atoms with Crippen molar-refractivity contribution in [3.63, 3.8) is 0 Å². The summed E-state index contributed by atoms with van der Waals surface area (Å²) in [7, 11) is 0. The molecule has 3 nitrogen and oxygen atoms in total. The van der Waals surface area contributed by atoms with Gasteiger partial charge < -0.3 is 10.3 Å². The molecule has 0 aliphatic carbocycles. The highest BCUT2D eigenvalue weighted by Gasteiger charge is 2.15. The number of aromatic nitrogens is 2. The van der Waals surface area contributed by atoms with Gasteiger partial charge in [0.05, 0.1) is 5.52 Å². The van der Waals surface area contributed by atoms with Crippen LogP contribution in [0.15, 0.2) is 18.2 Å². The number of fused-ring (bicyclic) bond motifs is 1. The van der Waals surface area contributed by atoms with Crippen molar-refractivity contribution in [2.24, 2.45) is 5.73 Å². The molecule has 0 radical (unpaired) electrons. The van der Waals surface area contributed by atoms with Gasteiger partial charge in [-0.25, -0.2) is 9.37 Å². The van der Waals surface area contributed by atoms with Gasteiger partial charge in [0.1, 0.15) is 11.3 Å².